The normalized spacial score (nSPS) is 12.1. The molecule has 0 saturated heterocycles. The molecule has 1 heterocycles. The van der Waals surface area contributed by atoms with Gasteiger partial charge in [0.2, 0.25) is 0 Å². The van der Waals surface area contributed by atoms with Crippen LogP contribution in [-0.4, -0.2) is 36.9 Å². The topological polar surface area (TPSA) is 97.4 Å². The molecule has 1 rings (SSSR count). The molecule has 0 aliphatic heterocycles. The highest BCUT2D eigenvalue weighted by Gasteiger charge is 2.14. The highest BCUT2D eigenvalue weighted by molar-refractivity contribution is 14.0. The third-order valence-corrected chi connectivity index (χ3v) is 4.49. The number of nitrogens with one attached hydrogen (secondary N) is 1. The van der Waals surface area contributed by atoms with Crippen LogP contribution in [0, 0.1) is 0 Å². The summed E-state index contributed by atoms with van der Waals surface area (Å²) in [6, 6.07) is 5.34. The summed E-state index contributed by atoms with van der Waals surface area (Å²) in [6.45, 7) is 3.44. The predicted molar refractivity (Wildman–Crippen MR) is 88.7 cm³/mol. The predicted octanol–water partition coefficient (Wildman–Crippen LogP) is 1.25. The van der Waals surface area contributed by atoms with E-state index < -0.39 is 15.1 Å². The standard InChI is InChI=1S/C11H18N4O2S.HI/c1-9(2)18(16,17)8-7-14-11(12)15-10-5-3-4-6-13-10;/h3-6,9H,7-8H2,1-2H3,(H3,12,13,14,15);1H. The molecule has 0 aliphatic carbocycles. The Hall–Kier alpha value is -0.900. The van der Waals surface area contributed by atoms with Gasteiger partial charge in [0.05, 0.1) is 17.5 Å². The summed E-state index contributed by atoms with van der Waals surface area (Å²) in [5.74, 6) is 0.730. The van der Waals surface area contributed by atoms with E-state index >= 15 is 0 Å². The van der Waals surface area contributed by atoms with E-state index in [1.165, 1.54) is 0 Å². The highest BCUT2D eigenvalue weighted by atomic mass is 127. The fourth-order valence-electron chi connectivity index (χ4n) is 1.14. The second kappa shape index (κ2) is 8.31. The van der Waals surface area contributed by atoms with Crippen LogP contribution in [0.2, 0.25) is 0 Å². The largest absolute Gasteiger partial charge is 0.370 e. The minimum absolute atomic E-state index is 0. The van der Waals surface area contributed by atoms with Crippen LogP contribution in [0.5, 0.6) is 0 Å². The van der Waals surface area contributed by atoms with Crippen molar-refractivity contribution in [3.8, 4) is 0 Å². The van der Waals surface area contributed by atoms with Crippen LogP contribution in [0.15, 0.2) is 29.4 Å². The first-order valence-electron chi connectivity index (χ1n) is 5.61. The summed E-state index contributed by atoms with van der Waals surface area (Å²) in [6.07, 6.45) is 1.62. The van der Waals surface area contributed by atoms with Crippen molar-refractivity contribution < 1.29 is 8.42 Å². The summed E-state index contributed by atoms with van der Waals surface area (Å²) in [5.41, 5.74) is 5.62. The lowest BCUT2D eigenvalue weighted by Crippen LogP contribution is -2.25. The number of aliphatic imine (C=N–C) groups is 1. The van der Waals surface area contributed by atoms with Gasteiger partial charge in [0.25, 0.3) is 0 Å². The van der Waals surface area contributed by atoms with Gasteiger partial charge < -0.3 is 11.1 Å². The van der Waals surface area contributed by atoms with Crippen LogP contribution >= 0.6 is 24.0 Å². The molecule has 0 spiro atoms. The maximum absolute atomic E-state index is 11.5. The van der Waals surface area contributed by atoms with Crippen LogP contribution in [0.3, 0.4) is 0 Å². The molecule has 108 valence electrons. The Morgan fingerprint density at radius 2 is 2.16 bits per heavy atom. The molecule has 0 aliphatic rings. The molecule has 19 heavy (non-hydrogen) atoms. The zero-order valence-corrected chi connectivity index (χ0v) is 14.1. The molecular formula is C11H19IN4O2S. The Morgan fingerprint density at radius 3 is 2.68 bits per heavy atom. The SMILES string of the molecule is CC(C)S(=O)(=O)CCN=C(N)Nc1ccccn1.I. The van der Waals surface area contributed by atoms with Crippen molar-refractivity contribution in [1.82, 2.24) is 4.98 Å². The number of guanidine groups is 1. The highest BCUT2D eigenvalue weighted by Crippen LogP contribution is 2.01. The van der Waals surface area contributed by atoms with Gasteiger partial charge in [-0.25, -0.2) is 13.4 Å². The zero-order valence-electron chi connectivity index (χ0n) is 10.9. The average molecular weight is 398 g/mol. The summed E-state index contributed by atoms with van der Waals surface area (Å²) >= 11 is 0. The summed E-state index contributed by atoms with van der Waals surface area (Å²) in [7, 11) is -3.07. The van der Waals surface area contributed by atoms with Crippen LogP contribution < -0.4 is 11.1 Å². The van der Waals surface area contributed by atoms with Gasteiger partial charge >= 0.3 is 0 Å². The number of nitrogens with zero attached hydrogens (tertiary/aromatic N) is 2. The third-order valence-electron chi connectivity index (χ3n) is 2.30. The summed E-state index contributed by atoms with van der Waals surface area (Å²) in [5, 5.41) is 2.39. The minimum atomic E-state index is -3.07. The lowest BCUT2D eigenvalue weighted by molar-refractivity contribution is 0.587. The molecule has 6 nitrogen and oxygen atoms in total. The van der Waals surface area contributed by atoms with Crippen LogP contribution in [0.4, 0.5) is 5.82 Å². The Morgan fingerprint density at radius 1 is 1.47 bits per heavy atom. The van der Waals surface area contributed by atoms with E-state index in [-0.39, 0.29) is 42.2 Å². The first-order valence-corrected chi connectivity index (χ1v) is 7.33. The van der Waals surface area contributed by atoms with Crippen molar-refractivity contribution in [2.75, 3.05) is 17.6 Å². The number of anilines is 1. The monoisotopic (exact) mass is 398 g/mol. The lowest BCUT2D eigenvalue weighted by atomic mass is 10.5. The van der Waals surface area contributed by atoms with Crippen LogP contribution in [0.1, 0.15) is 13.8 Å². The van der Waals surface area contributed by atoms with E-state index in [4.69, 9.17) is 5.73 Å². The maximum Gasteiger partial charge on any atom is 0.194 e. The molecule has 0 aromatic carbocycles. The van der Waals surface area contributed by atoms with Gasteiger partial charge in [-0.3, -0.25) is 4.99 Å². The number of aromatic nitrogens is 1. The number of nitrogens with two attached hydrogens (primary N) is 1. The van der Waals surface area contributed by atoms with E-state index in [1.54, 1.807) is 32.2 Å². The Kier molecular flexibility index (Phi) is 7.91. The smallest absolute Gasteiger partial charge is 0.194 e. The fourth-order valence-corrected chi connectivity index (χ4v) is 1.95. The van der Waals surface area contributed by atoms with Gasteiger partial charge in [-0.1, -0.05) is 6.07 Å². The fraction of sp³-hybridized carbons (Fsp3) is 0.455. The van der Waals surface area contributed by atoms with Gasteiger partial charge in [0, 0.05) is 6.20 Å². The van der Waals surface area contributed by atoms with Gasteiger partial charge in [-0.2, -0.15) is 0 Å². The first-order chi connectivity index (χ1) is 8.42. The minimum Gasteiger partial charge on any atom is -0.370 e. The number of hydrogen-bond acceptors (Lipinski definition) is 4. The lowest BCUT2D eigenvalue weighted by Gasteiger charge is -2.06. The van der Waals surface area contributed by atoms with Gasteiger partial charge in [-0.05, 0) is 26.0 Å². The number of rotatable bonds is 5. The van der Waals surface area contributed by atoms with Crippen LogP contribution in [-0.2, 0) is 9.84 Å². The Labute approximate surface area is 130 Å². The van der Waals surface area contributed by atoms with E-state index in [0.29, 0.717) is 5.82 Å². The van der Waals surface area contributed by atoms with Crippen molar-refractivity contribution in [2.24, 2.45) is 10.7 Å². The molecule has 0 atom stereocenters. The van der Waals surface area contributed by atoms with Crippen molar-refractivity contribution >= 4 is 45.6 Å². The second-order valence-electron chi connectivity index (χ2n) is 4.02. The zero-order chi connectivity index (χ0) is 13.6. The third kappa shape index (κ3) is 6.71. The molecule has 0 fully saturated rings. The molecule has 1 aromatic heterocycles. The first kappa shape index (κ1) is 18.1. The molecule has 8 heteroatoms. The molecule has 0 amide bonds. The van der Waals surface area contributed by atoms with Gasteiger partial charge in [0.15, 0.2) is 15.8 Å². The van der Waals surface area contributed by atoms with Crippen molar-refractivity contribution in [2.45, 2.75) is 19.1 Å². The summed E-state index contributed by atoms with van der Waals surface area (Å²) < 4.78 is 23.1. The van der Waals surface area contributed by atoms with Crippen molar-refractivity contribution in [3.63, 3.8) is 0 Å². The molecule has 0 unspecified atom stereocenters. The maximum atomic E-state index is 11.5. The van der Waals surface area contributed by atoms with E-state index in [9.17, 15) is 8.42 Å². The summed E-state index contributed by atoms with van der Waals surface area (Å²) in [4.78, 5) is 7.96. The Balaban J connectivity index is 0.00000324. The molecular weight excluding hydrogens is 379 g/mol. The number of pyridine rings is 1. The van der Waals surface area contributed by atoms with Crippen LogP contribution in [0.25, 0.3) is 0 Å². The second-order valence-corrected chi connectivity index (χ2v) is 6.70. The quantitative estimate of drug-likeness (QED) is 0.442. The molecule has 0 bridgehead atoms. The molecule has 0 saturated carbocycles. The number of halogens is 1. The van der Waals surface area contributed by atoms with Crippen molar-refractivity contribution in [3.05, 3.63) is 24.4 Å². The Bertz CT molecular complexity index is 503. The number of sulfone groups is 1. The van der Waals surface area contributed by atoms with E-state index in [1.807, 2.05) is 6.07 Å². The average Bonchev–Trinajstić information content (AvgIpc) is 2.29. The van der Waals surface area contributed by atoms with Crippen molar-refractivity contribution in [1.29, 1.82) is 0 Å². The molecule has 3 N–H and O–H groups in total. The number of hydrogen-bond donors (Lipinski definition) is 2. The van der Waals surface area contributed by atoms with E-state index in [2.05, 4.69) is 15.3 Å². The molecule has 1 aromatic rings. The van der Waals surface area contributed by atoms with Gasteiger partial charge in [-0.15, -0.1) is 24.0 Å². The molecule has 0 radical (unpaired) electrons. The van der Waals surface area contributed by atoms with E-state index in [0.717, 1.165) is 0 Å². The van der Waals surface area contributed by atoms with Gasteiger partial charge in [0.1, 0.15) is 5.82 Å².